The van der Waals surface area contributed by atoms with Gasteiger partial charge in [-0.05, 0) is 0 Å². The van der Waals surface area contributed by atoms with E-state index in [-0.39, 0.29) is 0 Å². The first-order valence-electron chi connectivity index (χ1n) is 4.46. The van der Waals surface area contributed by atoms with Crippen molar-refractivity contribution in [2.24, 2.45) is 0 Å². The molecule has 84 valence electrons. The molecule has 2 nitrogen and oxygen atoms in total. The summed E-state index contributed by atoms with van der Waals surface area (Å²) < 4.78 is 19.7. The third kappa shape index (κ3) is 2.98. The summed E-state index contributed by atoms with van der Waals surface area (Å²) in [6.45, 7) is 3.81. The lowest BCUT2D eigenvalue weighted by Gasteiger charge is -2.30. The van der Waals surface area contributed by atoms with Crippen molar-refractivity contribution in [2.75, 3.05) is 6.61 Å². The molecule has 0 N–H and O–H groups in total. The van der Waals surface area contributed by atoms with Crippen LogP contribution in [-0.2, 0) is 9.53 Å². The van der Waals surface area contributed by atoms with Crippen molar-refractivity contribution in [3.63, 3.8) is 0 Å². The quantitative estimate of drug-likeness (QED) is 0.446. The average molecular weight is 342 g/mol. The highest BCUT2D eigenvalue weighted by molar-refractivity contribution is 9.12. The highest BCUT2D eigenvalue weighted by Gasteiger charge is 2.37. The van der Waals surface area contributed by atoms with Gasteiger partial charge in [-0.1, -0.05) is 37.9 Å². The van der Waals surface area contributed by atoms with Crippen molar-refractivity contribution in [3.8, 4) is 0 Å². The van der Waals surface area contributed by atoms with Crippen LogP contribution in [0.1, 0.15) is 6.42 Å². The molecule has 0 radical (unpaired) electrons. The van der Waals surface area contributed by atoms with E-state index in [1.807, 2.05) is 0 Å². The van der Waals surface area contributed by atoms with Crippen molar-refractivity contribution in [2.45, 2.75) is 23.5 Å². The van der Waals surface area contributed by atoms with E-state index < -0.39 is 17.1 Å². The Bertz CT molecular complexity index is 291. The van der Waals surface area contributed by atoms with Gasteiger partial charge in [0.05, 0.1) is 17.5 Å². The lowest BCUT2D eigenvalue weighted by Crippen LogP contribution is -2.38. The van der Waals surface area contributed by atoms with E-state index in [0.717, 1.165) is 0 Å². The van der Waals surface area contributed by atoms with E-state index in [4.69, 9.17) is 4.74 Å². The number of halogens is 3. The summed E-state index contributed by atoms with van der Waals surface area (Å²) in [5, 5.41) is 0. The second-order valence-electron chi connectivity index (χ2n) is 3.19. The molecular formula is C10H11Br2FO2. The molecule has 0 bridgehead atoms. The van der Waals surface area contributed by atoms with Gasteiger partial charge in [0.1, 0.15) is 12.5 Å². The van der Waals surface area contributed by atoms with Gasteiger partial charge in [0.25, 0.3) is 0 Å². The third-order valence-electron chi connectivity index (χ3n) is 2.18. The molecule has 5 heteroatoms. The molecule has 15 heavy (non-hydrogen) atoms. The number of ether oxygens (including phenoxy) is 1. The molecule has 1 aliphatic carbocycles. The Morgan fingerprint density at radius 2 is 2.33 bits per heavy atom. The molecular weight excluding hydrogens is 331 g/mol. The molecule has 3 atom stereocenters. The number of carbonyl (C=O) groups is 1. The summed E-state index contributed by atoms with van der Waals surface area (Å²) in [5.41, 5.74) is 0.418. The van der Waals surface area contributed by atoms with Crippen molar-refractivity contribution in [3.05, 3.63) is 22.7 Å². The zero-order chi connectivity index (χ0) is 11.4. The minimum atomic E-state index is -1.22. The van der Waals surface area contributed by atoms with Crippen LogP contribution in [-0.4, -0.2) is 30.0 Å². The maximum absolute atomic E-state index is 13.8. The molecule has 0 spiro atoms. The van der Waals surface area contributed by atoms with Crippen LogP contribution in [0.15, 0.2) is 22.7 Å². The van der Waals surface area contributed by atoms with Crippen LogP contribution in [0.2, 0.25) is 0 Å². The number of aldehydes is 1. The standard InChI is InChI=1S/C10H11Br2FO2/c1-2-3-15-8-4-7(11)6(5-14)9(12)10(8)13/h2,5,8-10H,1,3-4H2. The second-order valence-corrected chi connectivity index (χ2v) is 5.13. The van der Waals surface area contributed by atoms with Gasteiger partial charge < -0.3 is 4.74 Å². The smallest absolute Gasteiger partial charge is 0.148 e. The summed E-state index contributed by atoms with van der Waals surface area (Å²) in [4.78, 5) is 10.1. The monoisotopic (exact) mass is 340 g/mol. The molecule has 0 saturated heterocycles. The molecule has 1 rings (SSSR count). The van der Waals surface area contributed by atoms with Crippen molar-refractivity contribution in [1.29, 1.82) is 0 Å². The van der Waals surface area contributed by atoms with Crippen LogP contribution in [0.3, 0.4) is 0 Å². The molecule has 0 aromatic heterocycles. The van der Waals surface area contributed by atoms with E-state index >= 15 is 0 Å². The zero-order valence-electron chi connectivity index (χ0n) is 7.96. The Labute approximate surface area is 105 Å². The predicted molar refractivity (Wildman–Crippen MR) is 64.2 cm³/mol. The van der Waals surface area contributed by atoms with Gasteiger partial charge in [0, 0.05) is 16.5 Å². The van der Waals surface area contributed by atoms with Crippen LogP contribution in [0.4, 0.5) is 4.39 Å². The van der Waals surface area contributed by atoms with Crippen molar-refractivity contribution >= 4 is 38.1 Å². The third-order valence-corrected chi connectivity index (χ3v) is 3.96. The number of alkyl halides is 2. The largest absolute Gasteiger partial charge is 0.371 e. The highest BCUT2D eigenvalue weighted by atomic mass is 79.9. The number of hydrogen-bond donors (Lipinski definition) is 0. The maximum Gasteiger partial charge on any atom is 0.148 e. The molecule has 0 amide bonds. The van der Waals surface area contributed by atoms with E-state index in [0.29, 0.717) is 29.4 Å². The summed E-state index contributed by atoms with van der Waals surface area (Å²) >= 11 is 6.41. The van der Waals surface area contributed by atoms with E-state index in [9.17, 15) is 9.18 Å². The lowest BCUT2D eigenvalue weighted by atomic mass is 9.96. The van der Waals surface area contributed by atoms with Crippen LogP contribution in [0.25, 0.3) is 0 Å². The van der Waals surface area contributed by atoms with Gasteiger partial charge >= 0.3 is 0 Å². The van der Waals surface area contributed by atoms with Crippen LogP contribution in [0.5, 0.6) is 0 Å². The summed E-state index contributed by atoms with van der Waals surface area (Å²) in [5.74, 6) is 0. The average Bonchev–Trinajstić information content (AvgIpc) is 2.22. The van der Waals surface area contributed by atoms with Crippen LogP contribution < -0.4 is 0 Å². The van der Waals surface area contributed by atoms with Crippen LogP contribution in [0, 0.1) is 0 Å². The van der Waals surface area contributed by atoms with Gasteiger partial charge in [0.2, 0.25) is 0 Å². The predicted octanol–water partition coefficient (Wildman–Crippen LogP) is 2.91. The fourth-order valence-corrected chi connectivity index (χ4v) is 3.08. The topological polar surface area (TPSA) is 26.3 Å². The summed E-state index contributed by atoms with van der Waals surface area (Å²) in [6, 6.07) is 0. The first kappa shape index (κ1) is 13.1. The van der Waals surface area contributed by atoms with Gasteiger partial charge in [-0.15, -0.1) is 6.58 Å². The zero-order valence-corrected chi connectivity index (χ0v) is 11.1. The fourth-order valence-electron chi connectivity index (χ4n) is 1.39. The van der Waals surface area contributed by atoms with E-state index in [1.165, 1.54) is 0 Å². The van der Waals surface area contributed by atoms with Gasteiger partial charge in [-0.2, -0.15) is 0 Å². The molecule has 0 heterocycles. The van der Waals surface area contributed by atoms with E-state index in [2.05, 4.69) is 38.4 Å². The molecule has 1 aliphatic rings. The van der Waals surface area contributed by atoms with Gasteiger partial charge in [-0.25, -0.2) is 4.39 Å². The number of allylic oxidation sites excluding steroid dienone is 1. The Hall–Kier alpha value is -0.0000000000000000555. The minimum absolute atomic E-state index is 0.307. The minimum Gasteiger partial charge on any atom is -0.371 e. The summed E-state index contributed by atoms with van der Waals surface area (Å²) in [6.07, 6.45) is 0.866. The van der Waals surface area contributed by atoms with Gasteiger partial charge in [-0.3, -0.25) is 4.79 Å². The lowest BCUT2D eigenvalue weighted by molar-refractivity contribution is -0.105. The SMILES string of the molecule is C=CCOC1CC(Br)=C(C=O)C(Br)C1F. The highest BCUT2D eigenvalue weighted by Crippen LogP contribution is 2.35. The van der Waals surface area contributed by atoms with Crippen molar-refractivity contribution < 1.29 is 13.9 Å². The first-order chi connectivity index (χ1) is 7.11. The number of carbonyl (C=O) groups excluding carboxylic acids is 1. The fraction of sp³-hybridized carbons (Fsp3) is 0.500. The summed E-state index contributed by atoms with van der Waals surface area (Å²) in [7, 11) is 0. The van der Waals surface area contributed by atoms with Crippen molar-refractivity contribution in [1.82, 2.24) is 0 Å². The van der Waals surface area contributed by atoms with Crippen LogP contribution >= 0.6 is 31.9 Å². The second kappa shape index (κ2) is 5.92. The normalized spacial score (nSPS) is 31.5. The molecule has 0 aromatic rings. The Kier molecular flexibility index (Phi) is 5.15. The molecule has 0 aromatic carbocycles. The molecule has 0 saturated carbocycles. The number of rotatable bonds is 4. The maximum atomic E-state index is 13.8. The Morgan fingerprint density at radius 1 is 1.67 bits per heavy atom. The van der Waals surface area contributed by atoms with E-state index in [1.54, 1.807) is 6.08 Å². The molecule has 3 unspecified atom stereocenters. The Morgan fingerprint density at radius 3 is 2.87 bits per heavy atom. The van der Waals surface area contributed by atoms with Gasteiger partial charge in [0.15, 0.2) is 0 Å². The first-order valence-corrected chi connectivity index (χ1v) is 6.17. The molecule has 0 fully saturated rings. The Balaban J connectivity index is 2.78. The molecule has 0 aliphatic heterocycles. The number of hydrogen-bond acceptors (Lipinski definition) is 2.